The maximum absolute atomic E-state index is 12.6. The quantitative estimate of drug-likeness (QED) is 0.674. The van der Waals surface area contributed by atoms with Crippen molar-refractivity contribution in [3.63, 3.8) is 0 Å². The molecule has 0 saturated heterocycles. The SMILES string of the molecule is CCn1c(=O)c(-c2noc(C(=O)O)n2)nn(-c2cccc(OC)c2)c1=O. The number of benzene rings is 1. The summed E-state index contributed by atoms with van der Waals surface area (Å²) in [5, 5.41) is 16.3. The van der Waals surface area contributed by atoms with Gasteiger partial charge in [-0.25, -0.2) is 9.59 Å². The molecule has 11 nitrogen and oxygen atoms in total. The molecule has 0 saturated carbocycles. The molecule has 0 fully saturated rings. The smallest absolute Gasteiger partial charge is 0.394 e. The number of nitrogens with zero attached hydrogens (tertiary/aromatic N) is 5. The van der Waals surface area contributed by atoms with Gasteiger partial charge in [0.05, 0.1) is 12.8 Å². The highest BCUT2D eigenvalue weighted by molar-refractivity contribution is 5.82. The van der Waals surface area contributed by atoms with E-state index in [2.05, 4.69) is 19.8 Å². The summed E-state index contributed by atoms with van der Waals surface area (Å²) in [7, 11) is 1.47. The Labute approximate surface area is 145 Å². The fraction of sp³-hybridized carbons (Fsp3) is 0.200. The second kappa shape index (κ2) is 6.63. The molecule has 1 aromatic carbocycles. The van der Waals surface area contributed by atoms with E-state index >= 15 is 0 Å². The van der Waals surface area contributed by atoms with Crippen molar-refractivity contribution < 1.29 is 19.2 Å². The van der Waals surface area contributed by atoms with Crippen molar-refractivity contribution in [2.45, 2.75) is 13.5 Å². The number of aromatic nitrogens is 5. The van der Waals surface area contributed by atoms with Crippen LogP contribution in [0.3, 0.4) is 0 Å². The van der Waals surface area contributed by atoms with E-state index < -0.39 is 23.1 Å². The molecule has 1 N–H and O–H groups in total. The average Bonchev–Trinajstić information content (AvgIpc) is 3.12. The molecule has 134 valence electrons. The Kier molecular flexibility index (Phi) is 4.35. The van der Waals surface area contributed by atoms with E-state index in [1.807, 2.05) is 0 Å². The molecule has 0 aliphatic carbocycles. The molecule has 0 radical (unpaired) electrons. The highest BCUT2D eigenvalue weighted by Crippen LogP contribution is 2.15. The fourth-order valence-electron chi connectivity index (χ4n) is 2.25. The Morgan fingerprint density at radius 1 is 1.35 bits per heavy atom. The number of rotatable bonds is 5. The van der Waals surface area contributed by atoms with Crippen molar-refractivity contribution in [3.05, 3.63) is 51.0 Å². The van der Waals surface area contributed by atoms with E-state index in [0.29, 0.717) is 11.4 Å². The summed E-state index contributed by atoms with van der Waals surface area (Å²) in [4.78, 5) is 39.6. The van der Waals surface area contributed by atoms with E-state index in [9.17, 15) is 14.4 Å². The molecule has 3 rings (SSSR count). The maximum Gasteiger partial charge on any atom is 0.394 e. The fourth-order valence-corrected chi connectivity index (χ4v) is 2.25. The van der Waals surface area contributed by atoms with Crippen molar-refractivity contribution in [2.24, 2.45) is 0 Å². The molecule has 3 aromatic rings. The van der Waals surface area contributed by atoms with Crippen LogP contribution in [0.1, 0.15) is 17.6 Å². The highest BCUT2D eigenvalue weighted by Gasteiger charge is 2.22. The van der Waals surface area contributed by atoms with E-state index in [-0.39, 0.29) is 18.1 Å². The Hall–Kier alpha value is -3.76. The number of aromatic carboxylic acids is 1. The zero-order valence-corrected chi connectivity index (χ0v) is 13.7. The standard InChI is InChI=1S/C15H13N5O6/c1-3-19-13(21)10(11-16-12(14(22)23)26-18-11)17-20(15(19)24)8-5-4-6-9(7-8)25-2/h4-7H,3H2,1-2H3,(H,22,23). The van der Waals surface area contributed by atoms with E-state index in [1.54, 1.807) is 31.2 Å². The first-order valence-corrected chi connectivity index (χ1v) is 7.42. The van der Waals surface area contributed by atoms with Crippen LogP contribution in [0.15, 0.2) is 38.4 Å². The number of hydrogen-bond acceptors (Lipinski definition) is 8. The van der Waals surface area contributed by atoms with Crippen LogP contribution in [0.4, 0.5) is 0 Å². The third-order valence-electron chi connectivity index (χ3n) is 3.49. The van der Waals surface area contributed by atoms with Gasteiger partial charge in [-0.2, -0.15) is 14.8 Å². The second-order valence-electron chi connectivity index (χ2n) is 5.02. The Balaban J connectivity index is 2.27. The van der Waals surface area contributed by atoms with Crippen molar-refractivity contribution in [1.82, 2.24) is 24.5 Å². The minimum absolute atomic E-state index is 0.0702. The number of hydrogen-bond donors (Lipinski definition) is 1. The Morgan fingerprint density at radius 3 is 2.73 bits per heavy atom. The van der Waals surface area contributed by atoms with Crippen LogP contribution in [0.2, 0.25) is 0 Å². The topological polar surface area (TPSA) is 142 Å². The van der Waals surface area contributed by atoms with Gasteiger partial charge in [0.2, 0.25) is 5.82 Å². The summed E-state index contributed by atoms with van der Waals surface area (Å²) >= 11 is 0. The van der Waals surface area contributed by atoms with Crippen molar-refractivity contribution in [2.75, 3.05) is 7.11 Å². The predicted octanol–water partition coefficient (Wildman–Crippen LogP) is 0.171. The summed E-state index contributed by atoms with van der Waals surface area (Å²) in [6.45, 7) is 1.68. The summed E-state index contributed by atoms with van der Waals surface area (Å²) in [5.41, 5.74) is -1.39. The number of carbonyl (C=O) groups is 1. The normalized spacial score (nSPS) is 10.7. The molecule has 0 aliphatic heterocycles. The van der Waals surface area contributed by atoms with Crippen LogP contribution in [0.25, 0.3) is 17.2 Å². The highest BCUT2D eigenvalue weighted by atomic mass is 16.5. The number of carboxylic acids is 1. The van der Waals surface area contributed by atoms with Crippen molar-refractivity contribution in [3.8, 4) is 23.0 Å². The molecule has 2 heterocycles. The van der Waals surface area contributed by atoms with Crippen LogP contribution < -0.4 is 16.0 Å². The lowest BCUT2D eigenvalue weighted by Gasteiger charge is -2.10. The van der Waals surface area contributed by atoms with E-state index in [4.69, 9.17) is 9.84 Å². The van der Waals surface area contributed by atoms with Gasteiger partial charge in [-0.3, -0.25) is 9.36 Å². The lowest BCUT2D eigenvalue weighted by atomic mass is 10.3. The molecule has 0 bridgehead atoms. The van der Waals surface area contributed by atoms with Gasteiger partial charge in [0, 0.05) is 12.6 Å². The minimum atomic E-state index is -1.44. The van der Waals surface area contributed by atoms with Gasteiger partial charge >= 0.3 is 17.5 Å². The number of ether oxygens (including phenoxy) is 1. The summed E-state index contributed by atoms with van der Waals surface area (Å²) in [6.07, 6.45) is 0. The third-order valence-corrected chi connectivity index (χ3v) is 3.49. The molecule has 11 heteroatoms. The van der Waals surface area contributed by atoms with Gasteiger partial charge in [0.1, 0.15) is 5.75 Å². The third kappa shape index (κ3) is 2.85. The first-order valence-electron chi connectivity index (χ1n) is 7.42. The number of carboxylic acid groups (broad SMARTS) is 1. The first kappa shape index (κ1) is 17.1. The van der Waals surface area contributed by atoms with Crippen LogP contribution >= 0.6 is 0 Å². The first-order chi connectivity index (χ1) is 12.5. The predicted molar refractivity (Wildman–Crippen MR) is 86.6 cm³/mol. The maximum atomic E-state index is 12.6. The largest absolute Gasteiger partial charge is 0.497 e. The van der Waals surface area contributed by atoms with Gasteiger partial charge in [-0.15, -0.1) is 0 Å². The van der Waals surface area contributed by atoms with Gasteiger partial charge in [-0.1, -0.05) is 11.2 Å². The Bertz CT molecular complexity index is 1100. The molecule has 0 unspecified atom stereocenters. The lowest BCUT2D eigenvalue weighted by Crippen LogP contribution is -2.41. The summed E-state index contributed by atoms with van der Waals surface area (Å²) < 4.78 is 11.6. The molecule has 2 aromatic heterocycles. The van der Waals surface area contributed by atoms with Gasteiger partial charge < -0.3 is 14.4 Å². The van der Waals surface area contributed by atoms with Crippen LogP contribution in [-0.2, 0) is 6.54 Å². The molecular weight excluding hydrogens is 346 g/mol. The summed E-state index contributed by atoms with van der Waals surface area (Å²) in [6, 6.07) is 6.50. The molecule has 26 heavy (non-hydrogen) atoms. The molecule has 0 aliphatic rings. The van der Waals surface area contributed by atoms with Crippen LogP contribution in [0.5, 0.6) is 5.75 Å². The van der Waals surface area contributed by atoms with Gasteiger partial charge in [-0.05, 0) is 19.1 Å². The number of methoxy groups -OCH3 is 1. The molecule has 0 atom stereocenters. The lowest BCUT2D eigenvalue weighted by molar-refractivity contribution is 0.0643. The minimum Gasteiger partial charge on any atom is -0.497 e. The Morgan fingerprint density at radius 2 is 2.12 bits per heavy atom. The van der Waals surface area contributed by atoms with Gasteiger partial charge in [0.15, 0.2) is 5.69 Å². The van der Waals surface area contributed by atoms with Crippen molar-refractivity contribution in [1.29, 1.82) is 0 Å². The molecule has 0 amide bonds. The average molecular weight is 359 g/mol. The zero-order chi connectivity index (χ0) is 18.8. The zero-order valence-electron chi connectivity index (χ0n) is 13.7. The van der Waals surface area contributed by atoms with Crippen molar-refractivity contribution >= 4 is 5.97 Å². The van der Waals surface area contributed by atoms with E-state index in [1.165, 1.54) is 7.11 Å². The van der Waals surface area contributed by atoms with Gasteiger partial charge in [0.25, 0.3) is 5.56 Å². The molecule has 0 spiro atoms. The summed E-state index contributed by atoms with van der Waals surface area (Å²) in [5.74, 6) is -1.98. The van der Waals surface area contributed by atoms with Crippen LogP contribution in [-0.4, -0.2) is 42.7 Å². The van der Waals surface area contributed by atoms with Crippen LogP contribution in [0, 0.1) is 0 Å². The monoisotopic (exact) mass is 359 g/mol. The molecular formula is C15H13N5O6. The van der Waals surface area contributed by atoms with E-state index in [0.717, 1.165) is 9.25 Å². The second-order valence-corrected chi connectivity index (χ2v) is 5.02.